The van der Waals surface area contributed by atoms with Gasteiger partial charge in [-0.05, 0) is 24.5 Å². The lowest BCUT2D eigenvalue weighted by Crippen LogP contribution is -2.40. The minimum Gasteiger partial charge on any atom is -0.379 e. The number of nitrogens with zero attached hydrogens (tertiary/aromatic N) is 4. The Morgan fingerprint density at radius 1 is 0.946 bits per heavy atom. The maximum atomic E-state index is 13.3. The average Bonchev–Trinajstić information content (AvgIpc) is 2.95. The van der Waals surface area contributed by atoms with Crippen molar-refractivity contribution in [2.24, 2.45) is 0 Å². The molecule has 0 radical (unpaired) electrons. The van der Waals surface area contributed by atoms with E-state index in [9.17, 15) is 9.59 Å². The van der Waals surface area contributed by atoms with Crippen molar-refractivity contribution in [2.75, 3.05) is 45.9 Å². The lowest BCUT2D eigenvalue weighted by atomic mass is 9.98. The Morgan fingerprint density at radius 3 is 2.19 bits per heavy atom. The van der Waals surface area contributed by atoms with E-state index in [1.807, 2.05) is 67.6 Å². The molecule has 4 rings (SSSR count). The van der Waals surface area contributed by atoms with Crippen molar-refractivity contribution in [1.82, 2.24) is 25.1 Å². The second-order valence-electron chi connectivity index (χ2n) is 9.21. The second-order valence-corrected chi connectivity index (χ2v) is 9.21. The molecule has 0 atom stereocenters. The average molecular weight is 502 g/mol. The molecule has 1 aromatic heterocycles. The molecule has 8 heteroatoms. The predicted molar refractivity (Wildman–Crippen MR) is 142 cm³/mol. The topological polar surface area (TPSA) is 87.7 Å². The van der Waals surface area contributed by atoms with E-state index in [0.717, 1.165) is 56.1 Å². The third-order valence-corrected chi connectivity index (χ3v) is 6.47. The van der Waals surface area contributed by atoms with Crippen LogP contribution in [0.3, 0.4) is 0 Å². The van der Waals surface area contributed by atoms with Crippen LogP contribution in [0, 0.1) is 6.92 Å². The molecule has 1 aliphatic heterocycles. The van der Waals surface area contributed by atoms with Crippen molar-refractivity contribution in [1.29, 1.82) is 0 Å². The van der Waals surface area contributed by atoms with Crippen LogP contribution in [0.4, 0.5) is 0 Å². The lowest BCUT2D eigenvalue weighted by Gasteiger charge is -2.28. The summed E-state index contributed by atoms with van der Waals surface area (Å²) < 4.78 is 5.43. The molecule has 37 heavy (non-hydrogen) atoms. The summed E-state index contributed by atoms with van der Waals surface area (Å²) in [6, 6.07) is 19.6. The summed E-state index contributed by atoms with van der Waals surface area (Å²) in [5, 5.41) is 3.17. The van der Waals surface area contributed by atoms with E-state index in [1.165, 1.54) is 6.20 Å². The van der Waals surface area contributed by atoms with Crippen LogP contribution in [0.5, 0.6) is 0 Å². The number of hydrogen-bond donors (Lipinski definition) is 1. The fourth-order valence-corrected chi connectivity index (χ4v) is 4.41. The SMILES string of the molecule is Cc1cnc(C(=O)N(CCCN2CCOCC2)CCC(=O)NC(c2ccccc2)c2ccccc2)cn1. The van der Waals surface area contributed by atoms with Crippen LogP contribution >= 0.6 is 0 Å². The Morgan fingerprint density at radius 2 is 1.59 bits per heavy atom. The zero-order valence-electron chi connectivity index (χ0n) is 21.4. The van der Waals surface area contributed by atoms with Crippen molar-refractivity contribution in [3.63, 3.8) is 0 Å². The number of aryl methyl sites for hydroxylation is 1. The van der Waals surface area contributed by atoms with Crippen molar-refractivity contribution < 1.29 is 14.3 Å². The normalized spacial score (nSPS) is 13.9. The minimum atomic E-state index is -0.261. The van der Waals surface area contributed by atoms with E-state index >= 15 is 0 Å². The minimum absolute atomic E-state index is 0.112. The highest BCUT2D eigenvalue weighted by Gasteiger charge is 2.21. The van der Waals surface area contributed by atoms with Gasteiger partial charge in [0.05, 0.1) is 31.1 Å². The summed E-state index contributed by atoms with van der Waals surface area (Å²) >= 11 is 0. The number of ether oxygens (including phenoxy) is 1. The van der Waals surface area contributed by atoms with Crippen LogP contribution in [0.2, 0.25) is 0 Å². The molecule has 8 nitrogen and oxygen atoms in total. The first kappa shape index (κ1) is 26.4. The van der Waals surface area contributed by atoms with Gasteiger partial charge in [-0.15, -0.1) is 0 Å². The third kappa shape index (κ3) is 7.93. The van der Waals surface area contributed by atoms with Gasteiger partial charge in [0.1, 0.15) is 5.69 Å². The summed E-state index contributed by atoms with van der Waals surface area (Å²) in [5.74, 6) is -0.316. The van der Waals surface area contributed by atoms with Gasteiger partial charge in [0.2, 0.25) is 5.91 Å². The Labute approximate surface area is 218 Å². The number of carbonyl (C=O) groups is 2. The number of aromatic nitrogens is 2. The molecule has 0 bridgehead atoms. The first-order valence-corrected chi connectivity index (χ1v) is 12.9. The largest absolute Gasteiger partial charge is 0.379 e. The monoisotopic (exact) mass is 501 g/mol. The molecule has 0 unspecified atom stereocenters. The zero-order valence-corrected chi connectivity index (χ0v) is 21.4. The Bertz CT molecular complexity index is 1080. The van der Waals surface area contributed by atoms with E-state index in [0.29, 0.717) is 18.8 Å². The molecular weight excluding hydrogens is 466 g/mol. The van der Waals surface area contributed by atoms with E-state index in [2.05, 4.69) is 20.2 Å². The number of amides is 2. The number of morpholine rings is 1. The number of hydrogen-bond acceptors (Lipinski definition) is 6. The molecule has 1 fully saturated rings. The van der Waals surface area contributed by atoms with Crippen molar-refractivity contribution >= 4 is 11.8 Å². The fourth-order valence-electron chi connectivity index (χ4n) is 4.41. The van der Waals surface area contributed by atoms with Crippen LogP contribution in [0.15, 0.2) is 73.1 Å². The van der Waals surface area contributed by atoms with Crippen LogP contribution in [-0.2, 0) is 9.53 Å². The summed E-state index contributed by atoms with van der Waals surface area (Å²) in [6.45, 7) is 6.85. The molecule has 0 aliphatic carbocycles. The van der Waals surface area contributed by atoms with E-state index in [1.54, 1.807) is 11.1 Å². The molecule has 3 aromatic rings. The molecular formula is C29H35N5O3. The number of carbonyl (C=O) groups excluding carboxylic acids is 2. The van der Waals surface area contributed by atoms with Crippen LogP contribution in [-0.4, -0.2) is 77.5 Å². The van der Waals surface area contributed by atoms with Crippen LogP contribution in [0.1, 0.15) is 46.2 Å². The fraction of sp³-hybridized carbons (Fsp3) is 0.379. The van der Waals surface area contributed by atoms with Crippen LogP contribution < -0.4 is 5.32 Å². The van der Waals surface area contributed by atoms with Crippen LogP contribution in [0.25, 0.3) is 0 Å². The third-order valence-electron chi connectivity index (χ3n) is 6.47. The Balaban J connectivity index is 1.41. The van der Waals surface area contributed by atoms with Gasteiger partial charge in [-0.2, -0.15) is 0 Å². The quantitative estimate of drug-likeness (QED) is 0.434. The number of rotatable bonds is 11. The first-order chi connectivity index (χ1) is 18.1. The smallest absolute Gasteiger partial charge is 0.274 e. The van der Waals surface area contributed by atoms with Gasteiger partial charge in [0.15, 0.2) is 0 Å². The van der Waals surface area contributed by atoms with E-state index in [4.69, 9.17) is 4.74 Å². The van der Waals surface area contributed by atoms with Gasteiger partial charge in [0, 0.05) is 45.3 Å². The van der Waals surface area contributed by atoms with Crippen molar-refractivity contribution in [3.8, 4) is 0 Å². The number of benzene rings is 2. The first-order valence-electron chi connectivity index (χ1n) is 12.9. The molecule has 1 N–H and O–H groups in total. The van der Waals surface area contributed by atoms with Gasteiger partial charge < -0.3 is 15.0 Å². The molecule has 2 aromatic carbocycles. The van der Waals surface area contributed by atoms with Gasteiger partial charge in [0.25, 0.3) is 5.91 Å². The molecule has 2 heterocycles. The van der Waals surface area contributed by atoms with Crippen molar-refractivity contribution in [2.45, 2.75) is 25.8 Å². The molecule has 194 valence electrons. The highest BCUT2D eigenvalue weighted by atomic mass is 16.5. The lowest BCUT2D eigenvalue weighted by molar-refractivity contribution is -0.121. The zero-order chi connectivity index (χ0) is 25.9. The summed E-state index contributed by atoms with van der Waals surface area (Å²) in [6.07, 6.45) is 4.10. The van der Waals surface area contributed by atoms with Crippen molar-refractivity contribution in [3.05, 3.63) is 95.6 Å². The van der Waals surface area contributed by atoms with Gasteiger partial charge >= 0.3 is 0 Å². The van der Waals surface area contributed by atoms with E-state index < -0.39 is 0 Å². The number of nitrogens with one attached hydrogen (secondary N) is 1. The Kier molecular flexibility index (Phi) is 9.74. The van der Waals surface area contributed by atoms with E-state index in [-0.39, 0.29) is 24.3 Å². The van der Waals surface area contributed by atoms with Gasteiger partial charge in [-0.25, -0.2) is 4.98 Å². The Hall–Kier alpha value is -3.62. The predicted octanol–water partition coefficient (Wildman–Crippen LogP) is 3.25. The maximum absolute atomic E-state index is 13.3. The molecule has 1 saturated heterocycles. The highest BCUT2D eigenvalue weighted by molar-refractivity contribution is 5.92. The molecule has 0 spiro atoms. The summed E-state index contributed by atoms with van der Waals surface area (Å²) in [7, 11) is 0. The second kappa shape index (κ2) is 13.6. The summed E-state index contributed by atoms with van der Waals surface area (Å²) in [4.78, 5) is 39.0. The highest BCUT2D eigenvalue weighted by Crippen LogP contribution is 2.22. The molecule has 1 aliphatic rings. The van der Waals surface area contributed by atoms with Gasteiger partial charge in [-0.1, -0.05) is 60.7 Å². The standard InChI is InChI=1S/C29H35N5O3/c1-23-21-31-26(22-30-23)29(36)34(15-8-14-33-17-19-37-20-18-33)16-13-27(35)32-28(24-9-4-2-5-10-24)25-11-6-3-7-12-25/h2-7,9-12,21-22,28H,8,13-20H2,1H3,(H,32,35). The van der Waals surface area contributed by atoms with Gasteiger partial charge in [-0.3, -0.25) is 19.5 Å². The maximum Gasteiger partial charge on any atom is 0.274 e. The molecule has 2 amide bonds. The molecule has 0 saturated carbocycles. The summed E-state index contributed by atoms with van der Waals surface area (Å²) in [5.41, 5.74) is 3.07.